The lowest BCUT2D eigenvalue weighted by Gasteiger charge is -2.42. The highest BCUT2D eigenvalue weighted by Crippen LogP contribution is 2.34. The summed E-state index contributed by atoms with van der Waals surface area (Å²) in [6.07, 6.45) is 7.24. The molecule has 3 atom stereocenters. The third-order valence-electron chi connectivity index (χ3n) is 3.42. The first kappa shape index (κ1) is 8.83. The maximum Gasteiger partial charge on any atom is 0.179 e. The normalized spacial score (nSPS) is 39.4. The minimum absolute atomic E-state index is 0.111. The van der Waals surface area contributed by atoms with Gasteiger partial charge in [-0.05, 0) is 38.0 Å². The Kier molecular flexibility index (Phi) is 2.41. The van der Waals surface area contributed by atoms with E-state index in [1.807, 2.05) is 4.90 Å². The summed E-state index contributed by atoms with van der Waals surface area (Å²) in [5, 5.41) is 18.4. The van der Waals surface area contributed by atoms with E-state index < -0.39 is 0 Å². The molecule has 0 aromatic carbocycles. The van der Waals surface area contributed by atoms with E-state index in [9.17, 15) is 5.11 Å². The van der Waals surface area contributed by atoms with Crippen molar-refractivity contribution in [1.29, 1.82) is 5.26 Å². The van der Waals surface area contributed by atoms with Crippen LogP contribution in [0.1, 0.15) is 32.1 Å². The molecule has 1 aliphatic heterocycles. The van der Waals surface area contributed by atoms with Crippen LogP contribution in [0.2, 0.25) is 0 Å². The summed E-state index contributed by atoms with van der Waals surface area (Å²) >= 11 is 0. The van der Waals surface area contributed by atoms with Gasteiger partial charge in [-0.25, -0.2) is 0 Å². The van der Waals surface area contributed by atoms with Gasteiger partial charge in [0.15, 0.2) is 6.19 Å². The summed E-state index contributed by atoms with van der Waals surface area (Å²) in [6, 6.07) is 0.433. The minimum atomic E-state index is -0.111. The average molecular weight is 180 g/mol. The van der Waals surface area contributed by atoms with Gasteiger partial charge >= 0.3 is 0 Å². The Morgan fingerprint density at radius 3 is 2.92 bits per heavy atom. The fraction of sp³-hybridized carbons (Fsp3) is 0.900. The zero-order valence-corrected chi connectivity index (χ0v) is 7.82. The number of aliphatic hydroxyl groups is 1. The second kappa shape index (κ2) is 3.55. The van der Waals surface area contributed by atoms with Crippen molar-refractivity contribution in [3.8, 4) is 6.19 Å². The molecule has 3 nitrogen and oxygen atoms in total. The largest absolute Gasteiger partial charge is 0.393 e. The van der Waals surface area contributed by atoms with Gasteiger partial charge in [0.25, 0.3) is 0 Å². The first-order chi connectivity index (χ1) is 6.31. The Hall–Kier alpha value is -0.750. The number of piperidine rings is 1. The highest BCUT2D eigenvalue weighted by Gasteiger charge is 2.35. The second-order valence-electron chi connectivity index (χ2n) is 4.23. The van der Waals surface area contributed by atoms with E-state index in [0.717, 1.165) is 32.2 Å². The Bertz CT molecular complexity index is 223. The molecule has 0 spiro atoms. The van der Waals surface area contributed by atoms with Gasteiger partial charge in [0.05, 0.1) is 6.10 Å². The zero-order valence-electron chi connectivity index (χ0n) is 7.82. The summed E-state index contributed by atoms with van der Waals surface area (Å²) in [4.78, 5) is 1.92. The summed E-state index contributed by atoms with van der Waals surface area (Å²) < 4.78 is 0. The van der Waals surface area contributed by atoms with E-state index in [0.29, 0.717) is 12.0 Å². The lowest BCUT2D eigenvalue weighted by molar-refractivity contribution is 0.0289. The van der Waals surface area contributed by atoms with Crippen LogP contribution in [0.15, 0.2) is 0 Å². The average Bonchev–Trinajstić information content (AvgIpc) is 2.16. The van der Waals surface area contributed by atoms with Crippen molar-refractivity contribution >= 4 is 0 Å². The van der Waals surface area contributed by atoms with E-state index in [-0.39, 0.29) is 6.10 Å². The monoisotopic (exact) mass is 180 g/mol. The van der Waals surface area contributed by atoms with Gasteiger partial charge in [0, 0.05) is 12.6 Å². The van der Waals surface area contributed by atoms with E-state index in [1.165, 1.54) is 6.42 Å². The Morgan fingerprint density at radius 2 is 2.15 bits per heavy atom. The maximum absolute atomic E-state index is 9.51. The molecular weight excluding hydrogens is 164 g/mol. The highest BCUT2D eigenvalue weighted by molar-refractivity contribution is 4.94. The van der Waals surface area contributed by atoms with Crippen molar-refractivity contribution in [2.45, 2.75) is 44.2 Å². The van der Waals surface area contributed by atoms with Crippen molar-refractivity contribution in [1.82, 2.24) is 4.90 Å². The molecule has 0 aromatic rings. The first-order valence-electron chi connectivity index (χ1n) is 5.15. The topological polar surface area (TPSA) is 47.3 Å². The van der Waals surface area contributed by atoms with Gasteiger partial charge < -0.3 is 10.0 Å². The Labute approximate surface area is 79.0 Å². The molecule has 0 radical (unpaired) electrons. The second-order valence-corrected chi connectivity index (χ2v) is 4.23. The van der Waals surface area contributed by atoms with Crippen molar-refractivity contribution in [2.24, 2.45) is 5.92 Å². The molecule has 2 rings (SSSR count). The Morgan fingerprint density at radius 1 is 1.31 bits per heavy atom. The van der Waals surface area contributed by atoms with E-state index in [1.54, 1.807) is 0 Å². The molecule has 2 fully saturated rings. The predicted octanol–water partition coefficient (Wildman–Crippen LogP) is 1.09. The Balaban J connectivity index is 2.04. The molecular formula is C10H16N2O. The summed E-state index contributed by atoms with van der Waals surface area (Å²) in [6.45, 7) is 0.924. The van der Waals surface area contributed by atoms with Crippen molar-refractivity contribution < 1.29 is 5.11 Å². The van der Waals surface area contributed by atoms with E-state index in [2.05, 4.69) is 6.19 Å². The van der Waals surface area contributed by atoms with Gasteiger partial charge in [0.2, 0.25) is 0 Å². The lowest BCUT2D eigenvalue weighted by atomic mass is 9.77. The number of fused-ring (bicyclic) bond motifs is 1. The molecule has 13 heavy (non-hydrogen) atoms. The van der Waals surface area contributed by atoms with Gasteiger partial charge in [-0.15, -0.1) is 0 Å². The molecule has 1 aliphatic carbocycles. The zero-order chi connectivity index (χ0) is 9.26. The third kappa shape index (κ3) is 1.64. The van der Waals surface area contributed by atoms with E-state index >= 15 is 0 Å². The van der Waals surface area contributed by atoms with Gasteiger partial charge in [-0.3, -0.25) is 0 Å². The number of likely N-dealkylation sites (tertiary alicyclic amines) is 1. The van der Waals surface area contributed by atoms with Gasteiger partial charge in [0.1, 0.15) is 0 Å². The third-order valence-corrected chi connectivity index (χ3v) is 3.42. The smallest absolute Gasteiger partial charge is 0.179 e. The van der Waals surface area contributed by atoms with Crippen LogP contribution in [0, 0.1) is 17.4 Å². The lowest BCUT2D eigenvalue weighted by Crippen LogP contribution is -2.46. The van der Waals surface area contributed by atoms with Gasteiger partial charge in [-0.2, -0.15) is 5.26 Å². The van der Waals surface area contributed by atoms with Crippen LogP contribution < -0.4 is 0 Å². The minimum Gasteiger partial charge on any atom is -0.393 e. The van der Waals surface area contributed by atoms with Crippen LogP contribution in [0.3, 0.4) is 0 Å². The molecule has 1 N–H and O–H groups in total. The van der Waals surface area contributed by atoms with Crippen LogP contribution in [0.25, 0.3) is 0 Å². The van der Waals surface area contributed by atoms with Crippen LogP contribution in [-0.2, 0) is 0 Å². The molecule has 3 heteroatoms. The molecule has 0 amide bonds. The maximum atomic E-state index is 9.51. The first-order valence-corrected chi connectivity index (χ1v) is 5.15. The number of aliphatic hydroxyl groups excluding tert-OH is 1. The summed E-state index contributed by atoms with van der Waals surface area (Å²) in [5.74, 6) is 0.567. The van der Waals surface area contributed by atoms with Crippen LogP contribution in [0.4, 0.5) is 0 Å². The van der Waals surface area contributed by atoms with Crippen LogP contribution >= 0.6 is 0 Å². The van der Waals surface area contributed by atoms with Crippen molar-refractivity contribution in [3.05, 3.63) is 0 Å². The predicted molar refractivity (Wildman–Crippen MR) is 48.7 cm³/mol. The molecule has 1 heterocycles. The SMILES string of the molecule is N#CN1CCC[C@H]2CC(O)CC[C@@H]21. The molecule has 1 saturated heterocycles. The van der Waals surface area contributed by atoms with E-state index in [4.69, 9.17) is 5.26 Å². The summed E-state index contributed by atoms with van der Waals surface area (Å²) in [7, 11) is 0. The van der Waals surface area contributed by atoms with Crippen LogP contribution in [0.5, 0.6) is 0 Å². The fourth-order valence-electron chi connectivity index (χ4n) is 2.76. The standard InChI is InChI=1S/C10H16N2O/c11-7-12-5-1-2-8-6-9(13)3-4-10(8)12/h8-10,13H,1-6H2/t8-,9?,10-/m0/s1. The number of nitriles is 1. The van der Waals surface area contributed by atoms with Crippen molar-refractivity contribution in [3.63, 3.8) is 0 Å². The fourth-order valence-corrected chi connectivity index (χ4v) is 2.76. The molecule has 2 aliphatic rings. The molecule has 1 saturated carbocycles. The van der Waals surface area contributed by atoms with Crippen molar-refractivity contribution in [2.75, 3.05) is 6.54 Å². The molecule has 72 valence electrons. The number of nitrogens with zero attached hydrogens (tertiary/aromatic N) is 2. The van der Waals surface area contributed by atoms with Crippen LogP contribution in [-0.4, -0.2) is 28.7 Å². The summed E-state index contributed by atoms with van der Waals surface area (Å²) in [5.41, 5.74) is 0. The number of rotatable bonds is 0. The quantitative estimate of drug-likeness (QED) is 0.568. The molecule has 0 aromatic heterocycles. The highest BCUT2D eigenvalue weighted by atomic mass is 16.3. The number of hydrogen-bond acceptors (Lipinski definition) is 3. The molecule has 0 bridgehead atoms. The number of hydrogen-bond donors (Lipinski definition) is 1. The molecule has 1 unspecified atom stereocenters. The van der Waals surface area contributed by atoms with Gasteiger partial charge in [-0.1, -0.05) is 0 Å².